The van der Waals surface area contributed by atoms with Crippen molar-refractivity contribution in [3.63, 3.8) is 0 Å². The van der Waals surface area contributed by atoms with Crippen molar-refractivity contribution in [2.45, 2.75) is 46.0 Å². The average Bonchev–Trinajstić information content (AvgIpc) is 3.25. The van der Waals surface area contributed by atoms with Gasteiger partial charge in [-0.1, -0.05) is 13.8 Å². The van der Waals surface area contributed by atoms with E-state index in [0.717, 1.165) is 36.8 Å². The summed E-state index contributed by atoms with van der Waals surface area (Å²) in [6.07, 6.45) is 6.68. The van der Waals surface area contributed by atoms with Crippen molar-refractivity contribution in [1.29, 1.82) is 0 Å². The monoisotopic (exact) mass is 422 g/mol. The molecule has 0 aromatic carbocycles. The van der Waals surface area contributed by atoms with Gasteiger partial charge in [0.2, 0.25) is 0 Å². The van der Waals surface area contributed by atoms with Gasteiger partial charge in [0, 0.05) is 33.2 Å². The Morgan fingerprint density at radius 1 is 1.09 bits per heavy atom. The standard InChI is InChI=1S/C17H34N4.HI/c1-14-10-15(2)13-21(12-14)9-5-4-8-19-17(18-3)20-11-16-6-7-16;/h14-16H,4-13H2,1-3H3,(H2,18,19,20);1H. The Morgan fingerprint density at radius 3 is 2.36 bits per heavy atom. The van der Waals surface area contributed by atoms with Gasteiger partial charge in [0.25, 0.3) is 0 Å². The van der Waals surface area contributed by atoms with Crippen LogP contribution in [0, 0.1) is 17.8 Å². The lowest BCUT2D eigenvalue weighted by Crippen LogP contribution is -2.40. The third-order valence-corrected chi connectivity index (χ3v) is 4.62. The van der Waals surface area contributed by atoms with Gasteiger partial charge in [-0.3, -0.25) is 4.99 Å². The Labute approximate surface area is 153 Å². The Bertz CT molecular complexity index is 321. The van der Waals surface area contributed by atoms with E-state index in [2.05, 4.69) is 34.4 Å². The Balaban J connectivity index is 0.00000242. The van der Waals surface area contributed by atoms with Crippen LogP contribution in [-0.2, 0) is 0 Å². The summed E-state index contributed by atoms with van der Waals surface area (Å²) in [7, 11) is 1.86. The molecule has 4 nitrogen and oxygen atoms in total. The Morgan fingerprint density at radius 2 is 1.77 bits per heavy atom. The van der Waals surface area contributed by atoms with Crippen LogP contribution in [0.3, 0.4) is 0 Å². The number of unbranched alkanes of at least 4 members (excludes halogenated alkanes) is 1. The summed E-state index contributed by atoms with van der Waals surface area (Å²) < 4.78 is 0. The molecular weight excluding hydrogens is 387 g/mol. The maximum absolute atomic E-state index is 4.28. The molecule has 1 saturated carbocycles. The van der Waals surface area contributed by atoms with E-state index in [9.17, 15) is 0 Å². The van der Waals surface area contributed by atoms with Crippen molar-refractivity contribution in [2.24, 2.45) is 22.7 Å². The second-order valence-electron chi connectivity index (χ2n) is 7.24. The minimum absolute atomic E-state index is 0. The van der Waals surface area contributed by atoms with Crippen LogP contribution >= 0.6 is 24.0 Å². The number of rotatable bonds is 7. The zero-order valence-electron chi connectivity index (χ0n) is 14.6. The normalized spacial score (nSPS) is 26.4. The summed E-state index contributed by atoms with van der Waals surface area (Å²) in [5.74, 6) is 3.61. The fourth-order valence-corrected chi connectivity index (χ4v) is 3.43. The molecule has 0 aromatic rings. The van der Waals surface area contributed by atoms with Gasteiger partial charge < -0.3 is 15.5 Å². The van der Waals surface area contributed by atoms with E-state index < -0.39 is 0 Å². The predicted octanol–water partition coefficient (Wildman–Crippen LogP) is 2.94. The van der Waals surface area contributed by atoms with Gasteiger partial charge in [-0.05, 0) is 56.4 Å². The molecule has 22 heavy (non-hydrogen) atoms. The summed E-state index contributed by atoms with van der Waals surface area (Å²) in [4.78, 5) is 6.93. The quantitative estimate of drug-likeness (QED) is 0.287. The summed E-state index contributed by atoms with van der Waals surface area (Å²) >= 11 is 0. The largest absolute Gasteiger partial charge is 0.356 e. The summed E-state index contributed by atoms with van der Waals surface area (Å²) in [5, 5.41) is 6.84. The highest BCUT2D eigenvalue weighted by atomic mass is 127. The Kier molecular flexibility index (Phi) is 9.71. The molecule has 0 bridgehead atoms. The third-order valence-electron chi connectivity index (χ3n) is 4.62. The highest BCUT2D eigenvalue weighted by Crippen LogP contribution is 2.27. The van der Waals surface area contributed by atoms with E-state index in [1.165, 1.54) is 51.7 Å². The second-order valence-corrected chi connectivity index (χ2v) is 7.24. The highest BCUT2D eigenvalue weighted by Gasteiger charge is 2.21. The number of likely N-dealkylation sites (tertiary alicyclic amines) is 1. The van der Waals surface area contributed by atoms with E-state index in [1.54, 1.807) is 0 Å². The molecule has 0 aromatic heterocycles. The molecule has 2 N–H and O–H groups in total. The SMILES string of the molecule is CN=C(NCCCCN1CC(C)CC(C)C1)NCC1CC1.I. The number of hydrogen-bond acceptors (Lipinski definition) is 2. The van der Waals surface area contributed by atoms with Gasteiger partial charge in [0.15, 0.2) is 5.96 Å². The average molecular weight is 422 g/mol. The van der Waals surface area contributed by atoms with Gasteiger partial charge >= 0.3 is 0 Å². The summed E-state index contributed by atoms with van der Waals surface area (Å²) in [6, 6.07) is 0. The second kappa shape index (κ2) is 10.7. The summed E-state index contributed by atoms with van der Waals surface area (Å²) in [6.45, 7) is 10.7. The first kappa shape index (κ1) is 20.0. The van der Waals surface area contributed by atoms with Crippen molar-refractivity contribution >= 4 is 29.9 Å². The fraction of sp³-hybridized carbons (Fsp3) is 0.941. The van der Waals surface area contributed by atoms with Gasteiger partial charge in [0.05, 0.1) is 0 Å². The molecule has 0 amide bonds. The van der Waals surface area contributed by atoms with Crippen LogP contribution in [0.2, 0.25) is 0 Å². The van der Waals surface area contributed by atoms with Crippen LogP contribution in [0.25, 0.3) is 0 Å². The lowest BCUT2D eigenvalue weighted by molar-refractivity contribution is 0.139. The van der Waals surface area contributed by atoms with Crippen LogP contribution in [0.1, 0.15) is 46.0 Å². The zero-order chi connectivity index (χ0) is 15.1. The Hall–Kier alpha value is -0.0400. The molecule has 1 saturated heterocycles. The lowest BCUT2D eigenvalue weighted by atomic mass is 9.92. The minimum atomic E-state index is 0. The molecule has 5 heteroatoms. The fourth-order valence-electron chi connectivity index (χ4n) is 3.43. The van der Waals surface area contributed by atoms with Gasteiger partial charge in [-0.2, -0.15) is 0 Å². The van der Waals surface area contributed by atoms with Crippen molar-refractivity contribution in [2.75, 3.05) is 39.8 Å². The number of nitrogens with one attached hydrogen (secondary N) is 2. The zero-order valence-corrected chi connectivity index (χ0v) is 16.9. The van der Waals surface area contributed by atoms with Crippen molar-refractivity contribution in [3.8, 4) is 0 Å². The molecule has 1 heterocycles. The van der Waals surface area contributed by atoms with E-state index in [-0.39, 0.29) is 24.0 Å². The van der Waals surface area contributed by atoms with Crippen molar-refractivity contribution in [1.82, 2.24) is 15.5 Å². The molecule has 1 aliphatic heterocycles. The van der Waals surface area contributed by atoms with Crippen LogP contribution in [0.4, 0.5) is 0 Å². The van der Waals surface area contributed by atoms with Crippen LogP contribution in [0.15, 0.2) is 4.99 Å². The van der Waals surface area contributed by atoms with Crippen LogP contribution in [0.5, 0.6) is 0 Å². The number of guanidine groups is 1. The molecule has 2 atom stereocenters. The smallest absolute Gasteiger partial charge is 0.190 e. The van der Waals surface area contributed by atoms with Crippen molar-refractivity contribution in [3.05, 3.63) is 0 Å². The summed E-state index contributed by atoms with van der Waals surface area (Å²) in [5.41, 5.74) is 0. The van der Waals surface area contributed by atoms with E-state index in [0.29, 0.717) is 0 Å². The van der Waals surface area contributed by atoms with Crippen molar-refractivity contribution < 1.29 is 0 Å². The van der Waals surface area contributed by atoms with E-state index >= 15 is 0 Å². The maximum Gasteiger partial charge on any atom is 0.190 e. The lowest BCUT2D eigenvalue weighted by Gasteiger charge is -2.34. The molecule has 1 aliphatic carbocycles. The molecular formula is C17H35IN4. The number of aliphatic imine (C=N–C) groups is 1. The first-order valence-electron chi connectivity index (χ1n) is 8.84. The van der Waals surface area contributed by atoms with E-state index in [4.69, 9.17) is 0 Å². The van der Waals surface area contributed by atoms with Gasteiger partial charge in [-0.25, -0.2) is 0 Å². The predicted molar refractivity (Wildman–Crippen MR) is 106 cm³/mol. The number of nitrogens with zero attached hydrogens (tertiary/aromatic N) is 2. The first-order chi connectivity index (χ1) is 10.2. The topological polar surface area (TPSA) is 39.7 Å². The third kappa shape index (κ3) is 7.99. The number of halogens is 1. The van der Waals surface area contributed by atoms with Crippen LogP contribution in [-0.4, -0.2) is 50.6 Å². The molecule has 2 unspecified atom stereocenters. The van der Waals surface area contributed by atoms with E-state index in [1.807, 2.05) is 7.05 Å². The number of hydrogen-bond donors (Lipinski definition) is 2. The molecule has 2 aliphatic rings. The maximum atomic E-state index is 4.28. The molecule has 0 radical (unpaired) electrons. The molecule has 0 spiro atoms. The number of piperidine rings is 1. The van der Waals surface area contributed by atoms with Gasteiger partial charge in [0.1, 0.15) is 0 Å². The highest BCUT2D eigenvalue weighted by molar-refractivity contribution is 14.0. The van der Waals surface area contributed by atoms with Gasteiger partial charge in [-0.15, -0.1) is 24.0 Å². The molecule has 2 fully saturated rings. The van der Waals surface area contributed by atoms with Crippen LogP contribution < -0.4 is 10.6 Å². The minimum Gasteiger partial charge on any atom is -0.356 e. The molecule has 2 rings (SSSR count). The molecule has 130 valence electrons. The first-order valence-corrected chi connectivity index (χ1v) is 8.84.